The van der Waals surface area contributed by atoms with Crippen LogP contribution in [0.2, 0.25) is 10.0 Å². The Labute approximate surface area is 162 Å². The van der Waals surface area contributed by atoms with Crippen LogP contribution in [0.15, 0.2) is 34.1 Å². The first-order valence-electron chi connectivity index (χ1n) is 7.02. The average Bonchev–Trinajstić information content (AvgIpc) is 2.93. The molecule has 1 N–H and O–H groups in total. The topological polar surface area (TPSA) is 49.4 Å². The third-order valence-corrected chi connectivity index (χ3v) is 5.81. The number of hydrogen-bond donors (Lipinski definition) is 1. The number of benzene rings is 1. The Bertz CT molecular complexity index is 766. The summed E-state index contributed by atoms with van der Waals surface area (Å²) >= 11 is 16.9. The molecule has 0 aliphatic rings. The smallest absolute Gasteiger partial charge is 0.253 e. The normalized spacial score (nSPS) is 11.9. The van der Waals surface area contributed by atoms with Crippen LogP contribution in [0.5, 0.6) is 0 Å². The van der Waals surface area contributed by atoms with Gasteiger partial charge in [0, 0.05) is 21.8 Å². The third kappa shape index (κ3) is 4.72. The lowest BCUT2D eigenvalue weighted by Gasteiger charge is -2.22. The Morgan fingerprint density at radius 1 is 1.38 bits per heavy atom. The summed E-state index contributed by atoms with van der Waals surface area (Å²) in [6.07, 6.45) is 0. The van der Waals surface area contributed by atoms with Crippen molar-refractivity contribution in [1.82, 2.24) is 10.2 Å². The molecule has 1 atom stereocenters. The van der Waals surface area contributed by atoms with Crippen LogP contribution < -0.4 is 5.32 Å². The van der Waals surface area contributed by atoms with E-state index in [0.29, 0.717) is 11.6 Å². The van der Waals surface area contributed by atoms with Crippen LogP contribution in [0.1, 0.15) is 22.2 Å². The van der Waals surface area contributed by atoms with Crippen LogP contribution >= 0.6 is 50.5 Å². The van der Waals surface area contributed by atoms with Crippen molar-refractivity contribution in [1.29, 1.82) is 0 Å². The maximum absolute atomic E-state index is 12.4. The van der Waals surface area contributed by atoms with Crippen molar-refractivity contribution in [2.45, 2.75) is 19.5 Å². The van der Waals surface area contributed by atoms with E-state index in [2.05, 4.69) is 21.2 Å². The highest BCUT2D eigenvalue weighted by Crippen LogP contribution is 2.25. The van der Waals surface area contributed by atoms with Gasteiger partial charge in [0.2, 0.25) is 5.91 Å². The standard InChI is InChI=1S/C16H15BrCl2N2O2S/c1-9(16(23)21(2)7-11-6-10(17)8-24-11)20-15(22)12-4-3-5-13(18)14(12)19/h3-6,8-9H,7H2,1-2H3,(H,20,22). The predicted molar refractivity (Wildman–Crippen MR) is 102 cm³/mol. The van der Waals surface area contributed by atoms with Gasteiger partial charge in [0.05, 0.1) is 22.2 Å². The van der Waals surface area contributed by atoms with Gasteiger partial charge in [-0.05, 0) is 41.1 Å². The van der Waals surface area contributed by atoms with E-state index < -0.39 is 11.9 Å². The summed E-state index contributed by atoms with van der Waals surface area (Å²) in [6.45, 7) is 2.12. The van der Waals surface area contributed by atoms with Gasteiger partial charge in [0.15, 0.2) is 0 Å². The second kappa shape index (κ2) is 8.34. The van der Waals surface area contributed by atoms with Gasteiger partial charge in [-0.3, -0.25) is 9.59 Å². The van der Waals surface area contributed by atoms with Crippen LogP contribution in [0.3, 0.4) is 0 Å². The Balaban J connectivity index is 2.00. The molecule has 0 bridgehead atoms. The molecule has 0 aliphatic carbocycles. The van der Waals surface area contributed by atoms with Crippen molar-refractivity contribution in [3.63, 3.8) is 0 Å². The summed E-state index contributed by atoms with van der Waals surface area (Å²) in [6, 6.07) is 6.08. The second-order valence-electron chi connectivity index (χ2n) is 5.22. The minimum Gasteiger partial charge on any atom is -0.340 e. The summed E-state index contributed by atoms with van der Waals surface area (Å²) in [7, 11) is 1.70. The lowest BCUT2D eigenvalue weighted by Crippen LogP contribution is -2.45. The zero-order valence-corrected chi connectivity index (χ0v) is 16.9. The summed E-state index contributed by atoms with van der Waals surface area (Å²) < 4.78 is 0.986. The molecule has 8 heteroatoms. The number of likely N-dealkylation sites (N-methyl/N-ethyl adjacent to an activating group) is 1. The highest BCUT2D eigenvalue weighted by atomic mass is 79.9. The Morgan fingerprint density at radius 3 is 2.71 bits per heavy atom. The van der Waals surface area contributed by atoms with Gasteiger partial charge in [0.1, 0.15) is 6.04 Å². The number of amides is 2. The molecule has 1 heterocycles. The lowest BCUT2D eigenvalue weighted by atomic mass is 10.2. The van der Waals surface area contributed by atoms with Crippen molar-refractivity contribution in [2.24, 2.45) is 0 Å². The van der Waals surface area contributed by atoms with Crippen molar-refractivity contribution in [2.75, 3.05) is 7.05 Å². The predicted octanol–water partition coefficient (Wildman–Crippen LogP) is 4.59. The van der Waals surface area contributed by atoms with Gasteiger partial charge in [-0.15, -0.1) is 11.3 Å². The number of rotatable bonds is 5. The van der Waals surface area contributed by atoms with Crippen LogP contribution in [0.25, 0.3) is 0 Å². The summed E-state index contributed by atoms with van der Waals surface area (Å²) in [5.74, 6) is -0.623. The molecule has 128 valence electrons. The fraction of sp³-hybridized carbons (Fsp3) is 0.250. The SMILES string of the molecule is CC(NC(=O)c1cccc(Cl)c1Cl)C(=O)N(C)Cc1cc(Br)cs1. The van der Waals surface area contributed by atoms with Crippen molar-refractivity contribution < 1.29 is 9.59 Å². The van der Waals surface area contributed by atoms with Crippen LogP contribution in [0.4, 0.5) is 0 Å². The van der Waals surface area contributed by atoms with Gasteiger partial charge in [-0.25, -0.2) is 0 Å². The monoisotopic (exact) mass is 448 g/mol. The summed E-state index contributed by atoms with van der Waals surface area (Å²) in [4.78, 5) is 27.3. The fourth-order valence-corrected chi connectivity index (χ4v) is 3.98. The highest BCUT2D eigenvalue weighted by Gasteiger charge is 2.22. The lowest BCUT2D eigenvalue weighted by molar-refractivity contribution is -0.132. The number of halogens is 3. The molecular formula is C16H15BrCl2N2O2S. The van der Waals surface area contributed by atoms with Gasteiger partial charge in [-0.2, -0.15) is 0 Å². The zero-order valence-electron chi connectivity index (χ0n) is 13.0. The average molecular weight is 450 g/mol. The minimum atomic E-state index is -0.680. The van der Waals surface area contributed by atoms with Crippen LogP contribution in [-0.2, 0) is 11.3 Å². The molecule has 0 radical (unpaired) electrons. The van der Waals surface area contributed by atoms with Gasteiger partial charge in [-0.1, -0.05) is 29.3 Å². The van der Waals surface area contributed by atoms with Crippen LogP contribution in [-0.4, -0.2) is 29.8 Å². The molecule has 1 aromatic carbocycles. The Morgan fingerprint density at radius 2 is 2.08 bits per heavy atom. The third-order valence-electron chi connectivity index (χ3n) is 3.31. The fourth-order valence-electron chi connectivity index (χ4n) is 2.09. The number of thiophene rings is 1. The molecule has 2 amide bonds. The molecule has 24 heavy (non-hydrogen) atoms. The van der Waals surface area contributed by atoms with E-state index in [-0.39, 0.29) is 16.5 Å². The quantitative estimate of drug-likeness (QED) is 0.725. The van der Waals surface area contributed by atoms with E-state index >= 15 is 0 Å². The van der Waals surface area contributed by atoms with E-state index in [4.69, 9.17) is 23.2 Å². The molecule has 0 fully saturated rings. The first-order valence-corrected chi connectivity index (χ1v) is 9.45. The first kappa shape index (κ1) is 19.2. The van der Waals surface area contributed by atoms with Gasteiger partial charge >= 0.3 is 0 Å². The molecule has 4 nitrogen and oxygen atoms in total. The maximum Gasteiger partial charge on any atom is 0.253 e. The number of nitrogens with one attached hydrogen (secondary N) is 1. The van der Waals surface area contributed by atoms with E-state index in [1.54, 1.807) is 48.4 Å². The number of carbonyl (C=O) groups is 2. The van der Waals surface area contributed by atoms with Gasteiger partial charge < -0.3 is 10.2 Å². The van der Waals surface area contributed by atoms with Gasteiger partial charge in [0.25, 0.3) is 5.91 Å². The molecule has 2 aromatic rings. The maximum atomic E-state index is 12.4. The van der Waals surface area contributed by atoms with E-state index in [1.807, 2.05) is 11.4 Å². The van der Waals surface area contributed by atoms with E-state index in [1.165, 1.54) is 0 Å². The highest BCUT2D eigenvalue weighted by molar-refractivity contribution is 9.10. The van der Waals surface area contributed by atoms with E-state index in [9.17, 15) is 9.59 Å². The number of carbonyl (C=O) groups excluding carboxylic acids is 2. The molecule has 0 saturated heterocycles. The summed E-state index contributed by atoms with van der Waals surface area (Å²) in [5, 5.41) is 5.08. The Kier molecular flexibility index (Phi) is 6.69. The van der Waals surface area contributed by atoms with E-state index in [0.717, 1.165) is 9.35 Å². The molecule has 0 spiro atoms. The molecular weight excluding hydrogens is 435 g/mol. The van der Waals surface area contributed by atoms with Crippen LogP contribution in [0, 0.1) is 0 Å². The minimum absolute atomic E-state index is 0.174. The first-order chi connectivity index (χ1) is 11.3. The Hall–Kier alpha value is -1.08. The number of hydrogen-bond acceptors (Lipinski definition) is 3. The number of nitrogens with zero attached hydrogens (tertiary/aromatic N) is 1. The zero-order chi connectivity index (χ0) is 17.9. The van der Waals surface area contributed by atoms with Crippen molar-refractivity contribution >= 4 is 62.3 Å². The van der Waals surface area contributed by atoms with Crippen molar-refractivity contribution in [3.05, 3.63) is 54.6 Å². The molecule has 0 saturated carbocycles. The second-order valence-corrected chi connectivity index (χ2v) is 7.92. The molecule has 0 aliphatic heterocycles. The van der Waals surface area contributed by atoms with Crippen molar-refractivity contribution in [3.8, 4) is 0 Å². The summed E-state index contributed by atoms with van der Waals surface area (Å²) in [5.41, 5.74) is 0.244. The molecule has 1 aromatic heterocycles. The molecule has 1 unspecified atom stereocenters. The largest absolute Gasteiger partial charge is 0.340 e. The molecule has 2 rings (SSSR count).